The Labute approximate surface area is 174 Å². The van der Waals surface area contributed by atoms with E-state index in [1.807, 2.05) is 64.1 Å². The number of amides is 1. The van der Waals surface area contributed by atoms with Crippen LogP contribution < -0.4 is 0 Å². The third kappa shape index (κ3) is 3.30. The number of nitrogens with zero attached hydrogens (tertiary/aromatic N) is 3. The number of rotatable bonds is 3. The number of halogens is 1. The molecule has 1 amide bonds. The third-order valence-corrected chi connectivity index (χ3v) is 5.84. The van der Waals surface area contributed by atoms with Gasteiger partial charge in [-0.2, -0.15) is 0 Å². The first-order valence-corrected chi connectivity index (χ1v) is 10.1. The van der Waals surface area contributed by atoms with Gasteiger partial charge in [0.2, 0.25) is 5.91 Å². The molecule has 0 fully saturated rings. The molecule has 0 aliphatic carbocycles. The van der Waals surface area contributed by atoms with Crippen LogP contribution in [0.2, 0.25) is 5.02 Å². The van der Waals surface area contributed by atoms with E-state index in [4.69, 9.17) is 11.6 Å². The van der Waals surface area contributed by atoms with Crippen LogP contribution in [-0.4, -0.2) is 26.9 Å². The Morgan fingerprint density at radius 2 is 1.86 bits per heavy atom. The van der Waals surface area contributed by atoms with Crippen LogP contribution in [0.1, 0.15) is 22.7 Å². The number of benzene rings is 3. The van der Waals surface area contributed by atoms with Gasteiger partial charge < -0.3 is 9.47 Å². The van der Waals surface area contributed by atoms with E-state index in [1.165, 1.54) is 11.1 Å². The molecule has 4 nitrogen and oxygen atoms in total. The van der Waals surface area contributed by atoms with E-state index in [-0.39, 0.29) is 18.5 Å². The number of hydrogen-bond donors (Lipinski definition) is 0. The van der Waals surface area contributed by atoms with Crippen LogP contribution in [0.25, 0.3) is 11.0 Å². The molecule has 29 heavy (non-hydrogen) atoms. The van der Waals surface area contributed by atoms with Crippen LogP contribution in [0.15, 0.2) is 79.1 Å². The fourth-order valence-corrected chi connectivity index (χ4v) is 4.44. The summed E-state index contributed by atoms with van der Waals surface area (Å²) in [6.07, 6.45) is 2.60. The molecule has 5 heteroatoms. The van der Waals surface area contributed by atoms with Crippen LogP contribution in [0, 0.1) is 0 Å². The van der Waals surface area contributed by atoms with Crippen molar-refractivity contribution in [2.45, 2.75) is 19.0 Å². The van der Waals surface area contributed by atoms with Gasteiger partial charge in [0.05, 0.1) is 23.4 Å². The Balaban J connectivity index is 1.53. The van der Waals surface area contributed by atoms with Crippen molar-refractivity contribution < 1.29 is 4.79 Å². The molecule has 4 aromatic rings. The van der Waals surface area contributed by atoms with Gasteiger partial charge in [0, 0.05) is 11.6 Å². The van der Waals surface area contributed by atoms with Crippen molar-refractivity contribution in [3.63, 3.8) is 0 Å². The summed E-state index contributed by atoms with van der Waals surface area (Å²) in [4.78, 5) is 19.8. The Hall–Kier alpha value is -3.11. The molecule has 0 bridgehead atoms. The smallest absolute Gasteiger partial charge is 0.243 e. The second-order valence-electron chi connectivity index (χ2n) is 7.35. The molecule has 1 aliphatic heterocycles. The van der Waals surface area contributed by atoms with Crippen molar-refractivity contribution in [3.8, 4) is 0 Å². The highest BCUT2D eigenvalue weighted by Crippen LogP contribution is 2.36. The molecule has 3 aromatic carbocycles. The predicted octanol–water partition coefficient (Wildman–Crippen LogP) is 4.86. The van der Waals surface area contributed by atoms with Crippen LogP contribution in [0.3, 0.4) is 0 Å². The van der Waals surface area contributed by atoms with Gasteiger partial charge in [0.25, 0.3) is 0 Å². The highest BCUT2D eigenvalue weighted by molar-refractivity contribution is 6.30. The van der Waals surface area contributed by atoms with Gasteiger partial charge >= 0.3 is 0 Å². The maximum atomic E-state index is 13.4. The fraction of sp³-hybridized carbons (Fsp3) is 0.167. The molecule has 1 aliphatic rings. The zero-order chi connectivity index (χ0) is 19.8. The van der Waals surface area contributed by atoms with Gasteiger partial charge in [-0.05, 0) is 47.4 Å². The Kier molecular flexibility index (Phi) is 4.57. The third-order valence-electron chi connectivity index (χ3n) is 5.60. The first-order chi connectivity index (χ1) is 14.2. The molecular formula is C24H20ClN3O. The number of fused-ring (bicyclic) bond motifs is 2. The molecule has 1 aromatic heterocycles. The summed E-state index contributed by atoms with van der Waals surface area (Å²) in [7, 11) is 0. The molecule has 5 rings (SSSR count). The molecule has 1 atom stereocenters. The van der Waals surface area contributed by atoms with Crippen molar-refractivity contribution in [2.24, 2.45) is 0 Å². The van der Waals surface area contributed by atoms with Gasteiger partial charge in [0.1, 0.15) is 6.54 Å². The van der Waals surface area contributed by atoms with Crippen LogP contribution in [0.5, 0.6) is 0 Å². The zero-order valence-electron chi connectivity index (χ0n) is 15.8. The molecule has 0 radical (unpaired) electrons. The molecule has 1 unspecified atom stereocenters. The van der Waals surface area contributed by atoms with E-state index >= 15 is 0 Å². The minimum Gasteiger partial charge on any atom is -0.330 e. The van der Waals surface area contributed by atoms with Crippen LogP contribution in [-0.2, 0) is 17.8 Å². The quantitative estimate of drug-likeness (QED) is 0.491. The second-order valence-corrected chi connectivity index (χ2v) is 7.79. The normalized spacial score (nSPS) is 16.0. The molecule has 2 heterocycles. The topological polar surface area (TPSA) is 38.1 Å². The van der Waals surface area contributed by atoms with E-state index in [0.29, 0.717) is 11.6 Å². The molecule has 0 spiro atoms. The Morgan fingerprint density at radius 3 is 2.76 bits per heavy atom. The maximum absolute atomic E-state index is 13.4. The fourth-order valence-electron chi connectivity index (χ4n) is 4.24. The molecule has 144 valence electrons. The molecular weight excluding hydrogens is 382 g/mol. The summed E-state index contributed by atoms with van der Waals surface area (Å²) in [5.41, 5.74) is 5.36. The average molecular weight is 402 g/mol. The lowest BCUT2D eigenvalue weighted by molar-refractivity contribution is -0.133. The van der Waals surface area contributed by atoms with Gasteiger partial charge in [-0.1, -0.05) is 60.1 Å². The van der Waals surface area contributed by atoms with Gasteiger partial charge in [-0.25, -0.2) is 4.98 Å². The minimum absolute atomic E-state index is 0.0765. The first kappa shape index (κ1) is 18.0. The predicted molar refractivity (Wildman–Crippen MR) is 115 cm³/mol. The number of carbonyl (C=O) groups is 1. The van der Waals surface area contributed by atoms with Crippen molar-refractivity contribution in [1.82, 2.24) is 14.5 Å². The monoisotopic (exact) mass is 401 g/mol. The van der Waals surface area contributed by atoms with E-state index in [2.05, 4.69) is 23.2 Å². The lowest BCUT2D eigenvalue weighted by Gasteiger charge is -2.38. The summed E-state index contributed by atoms with van der Waals surface area (Å²) >= 11 is 6.28. The van der Waals surface area contributed by atoms with Crippen molar-refractivity contribution >= 4 is 28.5 Å². The summed E-state index contributed by atoms with van der Waals surface area (Å²) in [6.45, 7) is 0.944. The van der Waals surface area contributed by atoms with E-state index in [0.717, 1.165) is 23.0 Å². The van der Waals surface area contributed by atoms with Crippen molar-refractivity contribution in [1.29, 1.82) is 0 Å². The number of carbonyl (C=O) groups excluding carboxylic acids is 1. The number of para-hydroxylation sites is 2. The van der Waals surface area contributed by atoms with Gasteiger partial charge in [-0.15, -0.1) is 0 Å². The van der Waals surface area contributed by atoms with E-state index in [1.54, 1.807) is 6.33 Å². The molecule has 0 N–H and O–H groups in total. The highest BCUT2D eigenvalue weighted by atomic mass is 35.5. The highest BCUT2D eigenvalue weighted by Gasteiger charge is 2.32. The molecule has 0 saturated heterocycles. The van der Waals surface area contributed by atoms with E-state index in [9.17, 15) is 4.79 Å². The molecule has 0 saturated carbocycles. The van der Waals surface area contributed by atoms with Crippen molar-refractivity contribution in [2.75, 3.05) is 6.54 Å². The van der Waals surface area contributed by atoms with E-state index < -0.39 is 0 Å². The number of aromatic nitrogens is 2. The summed E-state index contributed by atoms with van der Waals surface area (Å²) in [5.74, 6) is 0.0765. The van der Waals surface area contributed by atoms with Gasteiger partial charge in [0.15, 0.2) is 0 Å². The van der Waals surface area contributed by atoms with Gasteiger partial charge in [-0.3, -0.25) is 4.79 Å². The zero-order valence-corrected chi connectivity index (χ0v) is 16.6. The SMILES string of the molecule is O=C(Cn1cnc2ccccc21)N1CCc2ccccc2C1c1cccc(Cl)c1. The van der Waals surface area contributed by atoms with Crippen LogP contribution in [0.4, 0.5) is 0 Å². The number of imidazole rings is 1. The lowest BCUT2D eigenvalue weighted by atomic mass is 9.88. The minimum atomic E-state index is -0.138. The largest absolute Gasteiger partial charge is 0.330 e. The summed E-state index contributed by atoms with van der Waals surface area (Å²) in [6, 6.07) is 23.9. The maximum Gasteiger partial charge on any atom is 0.243 e. The average Bonchev–Trinajstić information content (AvgIpc) is 3.15. The number of hydrogen-bond acceptors (Lipinski definition) is 2. The Morgan fingerprint density at radius 1 is 1.03 bits per heavy atom. The summed E-state index contributed by atoms with van der Waals surface area (Å²) in [5, 5.41) is 0.679. The summed E-state index contributed by atoms with van der Waals surface area (Å²) < 4.78 is 1.92. The lowest BCUT2D eigenvalue weighted by Crippen LogP contribution is -2.42. The first-order valence-electron chi connectivity index (χ1n) is 9.73. The second kappa shape index (κ2) is 7.37. The standard InChI is InChI=1S/C24H20ClN3O/c25-19-8-5-7-18(14-19)24-20-9-2-1-6-17(20)12-13-28(24)23(29)15-27-16-26-21-10-3-4-11-22(21)27/h1-11,14,16,24H,12-13,15H2. The Bertz CT molecular complexity index is 1200. The van der Waals surface area contributed by atoms with Crippen molar-refractivity contribution in [3.05, 3.63) is 101 Å². The van der Waals surface area contributed by atoms with Crippen LogP contribution >= 0.6 is 11.6 Å².